The molecule has 10 heteroatoms. The number of hydrogen-bond donors (Lipinski definition) is 3. The van der Waals surface area contributed by atoms with E-state index >= 15 is 0 Å². The molecule has 3 fully saturated rings. The fourth-order valence-corrected chi connectivity index (χ4v) is 4.67. The van der Waals surface area contributed by atoms with Crippen LogP contribution in [0.15, 0.2) is 30.3 Å². The number of benzene rings is 1. The van der Waals surface area contributed by atoms with Crippen molar-refractivity contribution in [1.82, 2.24) is 16.0 Å². The van der Waals surface area contributed by atoms with Gasteiger partial charge in [0.2, 0.25) is 11.8 Å². The number of nitrogens with one attached hydrogen (secondary N) is 3. The van der Waals surface area contributed by atoms with Crippen molar-refractivity contribution < 1.29 is 27.9 Å². The van der Waals surface area contributed by atoms with Gasteiger partial charge >= 0.3 is 0 Å². The van der Waals surface area contributed by atoms with E-state index in [-0.39, 0.29) is 69.0 Å². The van der Waals surface area contributed by atoms with E-state index in [1.54, 1.807) is 0 Å². The van der Waals surface area contributed by atoms with Crippen molar-refractivity contribution >= 4 is 30.0 Å². The highest BCUT2D eigenvalue weighted by molar-refractivity contribution is 5.92. The molecule has 2 amide bonds. The lowest BCUT2D eigenvalue weighted by Crippen LogP contribution is -2.51. The van der Waals surface area contributed by atoms with Crippen LogP contribution in [-0.4, -0.2) is 55.3 Å². The highest BCUT2D eigenvalue weighted by Gasteiger charge is 2.73. The molecule has 3 aliphatic rings. The lowest BCUT2D eigenvalue weighted by molar-refractivity contribution is -0.133. The van der Waals surface area contributed by atoms with Gasteiger partial charge in [0.1, 0.15) is 6.61 Å². The fraction of sp³-hybridized carbons (Fsp3) is 0.609. The van der Waals surface area contributed by atoms with Gasteiger partial charge in [-0.05, 0) is 31.2 Å². The summed E-state index contributed by atoms with van der Waals surface area (Å²) in [6.45, 7) is 0.720. The van der Waals surface area contributed by atoms with E-state index in [0.29, 0.717) is 13.0 Å². The molecular formula is C23H30ClF2N3O4. The number of carbonyl (C=O) groups is 3. The third-order valence-electron chi connectivity index (χ3n) is 6.79. The maximum atomic E-state index is 13.7. The molecule has 0 bridgehead atoms. The summed E-state index contributed by atoms with van der Waals surface area (Å²) < 4.78 is 32.9. The third kappa shape index (κ3) is 5.88. The molecule has 4 rings (SSSR count). The van der Waals surface area contributed by atoms with Crippen molar-refractivity contribution in [2.75, 3.05) is 19.7 Å². The summed E-state index contributed by atoms with van der Waals surface area (Å²) in [5.74, 6) is -4.08. The Kier molecular flexibility index (Phi) is 8.08. The standard InChI is InChI=1S/C23H29F2N3O4.ClH/c24-23(25)13-22(23)10-18(27-14-22)21(31)28-17(9-16-7-4-8-26-20(16)30)19(29)12-32-11-15-5-2-1-3-6-15;/h1-3,5-6,16-18,27H,4,7-14H2,(H,26,30)(H,28,31);1H/t16-,17-,18?,22?;/m0./s1. The van der Waals surface area contributed by atoms with Crippen LogP contribution in [0.1, 0.15) is 37.7 Å². The number of hydrogen-bond acceptors (Lipinski definition) is 5. The van der Waals surface area contributed by atoms with Gasteiger partial charge in [-0.1, -0.05) is 30.3 Å². The van der Waals surface area contributed by atoms with Gasteiger partial charge in [-0.3, -0.25) is 14.4 Å². The number of ether oxygens (including phenoxy) is 1. The predicted molar refractivity (Wildman–Crippen MR) is 119 cm³/mol. The van der Waals surface area contributed by atoms with Crippen molar-refractivity contribution in [3.8, 4) is 0 Å². The second-order valence-corrected chi connectivity index (χ2v) is 9.17. The first-order valence-electron chi connectivity index (χ1n) is 11.1. The largest absolute Gasteiger partial charge is 0.369 e. The van der Waals surface area contributed by atoms with Crippen LogP contribution in [0.4, 0.5) is 8.78 Å². The first-order valence-corrected chi connectivity index (χ1v) is 11.1. The maximum absolute atomic E-state index is 13.7. The van der Waals surface area contributed by atoms with Gasteiger partial charge in [-0.25, -0.2) is 8.78 Å². The summed E-state index contributed by atoms with van der Waals surface area (Å²) in [7, 11) is 0. The van der Waals surface area contributed by atoms with E-state index in [1.807, 2.05) is 30.3 Å². The number of Topliss-reactive ketones (excluding diaryl/α,β-unsaturated/α-hetero) is 1. The molecule has 1 spiro atoms. The molecule has 1 aromatic rings. The van der Waals surface area contributed by atoms with Crippen LogP contribution in [0.25, 0.3) is 0 Å². The smallest absolute Gasteiger partial charge is 0.255 e. The van der Waals surface area contributed by atoms with Gasteiger partial charge in [0, 0.05) is 25.4 Å². The quantitative estimate of drug-likeness (QED) is 0.497. The first kappa shape index (κ1) is 25.5. The van der Waals surface area contributed by atoms with Crippen LogP contribution in [-0.2, 0) is 25.7 Å². The molecule has 1 saturated carbocycles. The van der Waals surface area contributed by atoms with Crippen molar-refractivity contribution in [3.05, 3.63) is 35.9 Å². The van der Waals surface area contributed by atoms with Crippen LogP contribution < -0.4 is 16.0 Å². The first-order chi connectivity index (χ1) is 15.3. The van der Waals surface area contributed by atoms with Gasteiger partial charge in [0.05, 0.1) is 24.1 Å². The van der Waals surface area contributed by atoms with Crippen molar-refractivity contribution in [2.24, 2.45) is 11.3 Å². The molecule has 2 aliphatic heterocycles. The normalized spacial score (nSPS) is 28.5. The van der Waals surface area contributed by atoms with Crippen LogP contribution >= 0.6 is 12.4 Å². The van der Waals surface area contributed by atoms with E-state index in [1.165, 1.54) is 0 Å². The highest BCUT2D eigenvalue weighted by atomic mass is 35.5. The minimum atomic E-state index is -2.74. The molecule has 182 valence electrons. The molecule has 7 nitrogen and oxygen atoms in total. The van der Waals surface area contributed by atoms with Gasteiger partial charge in [-0.15, -0.1) is 12.4 Å². The minimum absolute atomic E-state index is 0. The number of carbonyl (C=O) groups excluding carboxylic acids is 3. The molecule has 2 heterocycles. The summed E-state index contributed by atoms with van der Waals surface area (Å²) in [6.07, 6.45) is 1.43. The average molecular weight is 486 g/mol. The van der Waals surface area contributed by atoms with E-state index in [4.69, 9.17) is 4.74 Å². The molecule has 1 aliphatic carbocycles. The average Bonchev–Trinajstić information content (AvgIpc) is 3.08. The Labute approximate surface area is 197 Å². The molecule has 2 unspecified atom stereocenters. The molecule has 3 N–H and O–H groups in total. The summed E-state index contributed by atoms with van der Waals surface area (Å²) in [5, 5.41) is 8.37. The number of halogens is 3. The van der Waals surface area contributed by atoms with Gasteiger partial charge in [0.15, 0.2) is 5.78 Å². The van der Waals surface area contributed by atoms with Crippen LogP contribution in [0.5, 0.6) is 0 Å². The fourth-order valence-electron chi connectivity index (χ4n) is 4.67. The van der Waals surface area contributed by atoms with Crippen molar-refractivity contribution in [3.63, 3.8) is 0 Å². The zero-order chi connectivity index (χ0) is 22.8. The van der Waals surface area contributed by atoms with E-state index in [9.17, 15) is 23.2 Å². The molecular weight excluding hydrogens is 456 g/mol. The number of rotatable bonds is 9. The van der Waals surface area contributed by atoms with Gasteiger partial charge < -0.3 is 20.7 Å². The van der Waals surface area contributed by atoms with Gasteiger partial charge in [0.25, 0.3) is 5.92 Å². The zero-order valence-electron chi connectivity index (χ0n) is 18.3. The topological polar surface area (TPSA) is 96.5 Å². The molecule has 4 atom stereocenters. The summed E-state index contributed by atoms with van der Waals surface area (Å²) in [6, 6.07) is 7.70. The molecule has 0 radical (unpaired) electrons. The monoisotopic (exact) mass is 485 g/mol. The lowest BCUT2D eigenvalue weighted by Gasteiger charge is -2.27. The number of amides is 2. The molecule has 0 aromatic heterocycles. The Morgan fingerprint density at radius 1 is 1.24 bits per heavy atom. The summed E-state index contributed by atoms with van der Waals surface area (Å²) in [5.41, 5.74) is -0.227. The minimum Gasteiger partial charge on any atom is -0.369 e. The van der Waals surface area contributed by atoms with Gasteiger partial charge in [-0.2, -0.15) is 0 Å². The number of ketones is 1. The third-order valence-corrected chi connectivity index (χ3v) is 6.79. The lowest BCUT2D eigenvalue weighted by atomic mass is 9.90. The van der Waals surface area contributed by atoms with Crippen LogP contribution in [0, 0.1) is 11.3 Å². The SMILES string of the molecule is Cl.O=C(N[C@@H](C[C@@H]1CCCNC1=O)C(=O)COCc1ccccc1)C1CC2(CN1)CC2(F)F. The second kappa shape index (κ2) is 10.4. The summed E-state index contributed by atoms with van der Waals surface area (Å²) in [4.78, 5) is 37.9. The van der Waals surface area contributed by atoms with E-state index in [2.05, 4.69) is 16.0 Å². The Bertz CT molecular complexity index is 873. The maximum Gasteiger partial charge on any atom is 0.255 e. The van der Waals surface area contributed by atoms with Crippen molar-refractivity contribution in [2.45, 2.75) is 56.7 Å². The number of piperidine rings is 1. The Hall–Kier alpha value is -2.10. The zero-order valence-corrected chi connectivity index (χ0v) is 19.1. The Balaban J connectivity index is 0.00000306. The van der Waals surface area contributed by atoms with Crippen LogP contribution in [0.2, 0.25) is 0 Å². The Morgan fingerprint density at radius 2 is 1.97 bits per heavy atom. The highest BCUT2D eigenvalue weighted by Crippen LogP contribution is 2.64. The van der Waals surface area contributed by atoms with E-state index < -0.39 is 29.3 Å². The second-order valence-electron chi connectivity index (χ2n) is 9.17. The summed E-state index contributed by atoms with van der Waals surface area (Å²) >= 11 is 0. The number of alkyl halides is 2. The molecule has 1 aromatic carbocycles. The molecule has 33 heavy (non-hydrogen) atoms. The molecule has 2 saturated heterocycles. The van der Waals surface area contributed by atoms with E-state index in [0.717, 1.165) is 12.0 Å². The van der Waals surface area contributed by atoms with Crippen molar-refractivity contribution in [1.29, 1.82) is 0 Å². The predicted octanol–water partition coefficient (Wildman–Crippen LogP) is 1.98. The Morgan fingerprint density at radius 3 is 2.61 bits per heavy atom. The van der Waals surface area contributed by atoms with Crippen LogP contribution in [0.3, 0.4) is 0 Å².